The Kier molecular flexibility index (Phi) is 6.22. The van der Waals surface area contributed by atoms with Crippen LogP contribution >= 0.6 is 22.6 Å². The van der Waals surface area contributed by atoms with Crippen molar-refractivity contribution in [2.45, 2.75) is 0 Å². The fourth-order valence-electron chi connectivity index (χ4n) is 1.29. The van der Waals surface area contributed by atoms with Crippen LogP contribution in [0.4, 0.5) is 0 Å². The Morgan fingerprint density at radius 3 is 2.22 bits per heavy atom. The van der Waals surface area contributed by atoms with Gasteiger partial charge in [0, 0.05) is 24.9 Å². The number of hydrogen-bond donors (Lipinski definition) is 0. The Morgan fingerprint density at radius 1 is 1.17 bits per heavy atom. The standard InChI is InChI=1S/C11H15IO5Si/c1-14-18(15-2,16-3)8-17-11(13)9-6-4-5-7-10(9)12/h4-7H,8H2,1-3H3. The largest absolute Gasteiger partial charge is 0.539 e. The van der Waals surface area contributed by atoms with E-state index in [0.29, 0.717) is 5.56 Å². The van der Waals surface area contributed by atoms with Gasteiger partial charge in [0.15, 0.2) is 6.23 Å². The van der Waals surface area contributed by atoms with Crippen LogP contribution < -0.4 is 0 Å². The van der Waals surface area contributed by atoms with Crippen LogP contribution in [0.25, 0.3) is 0 Å². The van der Waals surface area contributed by atoms with Gasteiger partial charge in [-0.2, -0.15) is 0 Å². The second-order valence-electron chi connectivity index (χ2n) is 3.35. The van der Waals surface area contributed by atoms with Crippen LogP contribution in [-0.2, 0) is 18.0 Å². The van der Waals surface area contributed by atoms with Crippen LogP contribution in [0.15, 0.2) is 24.3 Å². The first-order valence-electron chi connectivity index (χ1n) is 5.15. The smallest absolute Gasteiger partial charge is 0.457 e. The topological polar surface area (TPSA) is 54.0 Å². The summed E-state index contributed by atoms with van der Waals surface area (Å²) in [5, 5.41) is 0. The molecule has 18 heavy (non-hydrogen) atoms. The number of halogens is 1. The average Bonchev–Trinajstić information content (AvgIpc) is 2.41. The summed E-state index contributed by atoms with van der Waals surface area (Å²) in [6, 6.07) is 7.19. The number of carbonyl (C=O) groups excluding carboxylic acids is 1. The molecule has 0 fully saturated rings. The maximum Gasteiger partial charge on any atom is 0.539 e. The molecule has 1 rings (SSSR count). The summed E-state index contributed by atoms with van der Waals surface area (Å²) < 4.78 is 21.5. The van der Waals surface area contributed by atoms with Crippen molar-refractivity contribution in [3.8, 4) is 0 Å². The number of esters is 1. The van der Waals surface area contributed by atoms with Gasteiger partial charge in [0.25, 0.3) is 0 Å². The summed E-state index contributed by atoms with van der Waals surface area (Å²) in [4.78, 5) is 11.9. The van der Waals surface area contributed by atoms with Gasteiger partial charge < -0.3 is 18.0 Å². The molecule has 1 aromatic carbocycles. The molecule has 100 valence electrons. The van der Waals surface area contributed by atoms with Gasteiger partial charge in [0.05, 0.1) is 5.56 Å². The van der Waals surface area contributed by atoms with Gasteiger partial charge in [-0.1, -0.05) is 12.1 Å². The Hall–Kier alpha value is -0.483. The molecule has 0 amide bonds. The highest BCUT2D eigenvalue weighted by Gasteiger charge is 2.40. The van der Waals surface area contributed by atoms with E-state index in [0.717, 1.165) is 3.57 Å². The molecule has 1 aromatic rings. The van der Waals surface area contributed by atoms with E-state index in [1.54, 1.807) is 12.1 Å². The van der Waals surface area contributed by atoms with E-state index >= 15 is 0 Å². The van der Waals surface area contributed by atoms with Gasteiger partial charge in [-0.25, -0.2) is 4.79 Å². The fourth-order valence-corrected chi connectivity index (χ4v) is 3.05. The molecule has 0 atom stereocenters. The normalized spacial score (nSPS) is 11.3. The minimum Gasteiger partial charge on any atom is -0.457 e. The highest BCUT2D eigenvalue weighted by atomic mass is 127. The highest BCUT2D eigenvalue weighted by molar-refractivity contribution is 14.1. The summed E-state index contributed by atoms with van der Waals surface area (Å²) in [6.45, 7) is 0. The molecule has 7 heteroatoms. The summed E-state index contributed by atoms with van der Waals surface area (Å²) >= 11 is 2.08. The number of hydrogen-bond acceptors (Lipinski definition) is 5. The lowest BCUT2D eigenvalue weighted by atomic mass is 10.2. The third-order valence-corrected chi connectivity index (χ3v) is 5.71. The van der Waals surface area contributed by atoms with Crippen molar-refractivity contribution in [1.29, 1.82) is 0 Å². The summed E-state index contributed by atoms with van der Waals surface area (Å²) in [5.74, 6) is -0.414. The molecule has 0 bridgehead atoms. The Balaban J connectivity index is 2.69. The van der Waals surface area contributed by atoms with Gasteiger partial charge >= 0.3 is 14.8 Å². The second-order valence-corrected chi connectivity index (χ2v) is 7.39. The van der Waals surface area contributed by atoms with Crippen molar-refractivity contribution < 1.29 is 22.8 Å². The van der Waals surface area contributed by atoms with E-state index in [1.165, 1.54) is 21.3 Å². The van der Waals surface area contributed by atoms with Crippen LogP contribution in [0.5, 0.6) is 0 Å². The summed E-state index contributed by atoms with van der Waals surface area (Å²) in [5.41, 5.74) is 0.518. The van der Waals surface area contributed by atoms with Crippen molar-refractivity contribution in [2.24, 2.45) is 0 Å². The average molecular weight is 382 g/mol. The highest BCUT2D eigenvalue weighted by Crippen LogP contribution is 2.14. The van der Waals surface area contributed by atoms with Crippen molar-refractivity contribution in [2.75, 3.05) is 27.6 Å². The maximum atomic E-state index is 11.9. The van der Waals surface area contributed by atoms with Crippen molar-refractivity contribution in [3.63, 3.8) is 0 Å². The molecule has 0 aliphatic heterocycles. The molecule has 0 N–H and O–H groups in total. The number of carbonyl (C=O) groups is 1. The van der Waals surface area contributed by atoms with Crippen LogP contribution in [0.1, 0.15) is 10.4 Å². The van der Waals surface area contributed by atoms with E-state index < -0.39 is 14.8 Å². The van der Waals surface area contributed by atoms with Crippen LogP contribution in [-0.4, -0.2) is 42.3 Å². The zero-order valence-corrected chi connectivity index (χ0v) is 13.6. The minimum atomic E-state index is -2.88. The SMILES string of the molecule is CO[Si](COC(=O)c1ccccc1I)(OC)OC. The molecule has 0 heterocycles. The van der Waals surface area contributed by atoms with E-state index in [9.17, 15) is 4.79 Å². The molecular weight excluding hydrogens is 367 g/mol. The molecule has 0 radical (unpaired) electrons. The summed E-state index contributed by atoms with van der Waals surface area (Å²) in [6.07, 6.45) is -0.0136. The van der Waals surface area contributed by atoms with Gasteiger partial charge in [-0.3, -0.25) is 0 Å². The van der Waals surface area contributed by atoms with E-state index in [4.69, 9.17) is 18.0 Å². The van der Waals surface area contributed by atoms with Crippen molar-refractivity contribution in [3.05, 3.63) is 33.4 Å². The van der Waals surface area contributed by atoms with Gasteiger partial charge in [-0.05, 0) is 34.7 Å². The number of rotatable bonds is 6. The van der Waals surface area contributed by atoms with Crippen LogP contribution in [0.2, 0.25) is 0 Å². The summed E-state index contributed by atoms with van der Waals surface area (Å²) in [7, 11) is 1.54. The van der Waals surface area contributed by atoms with E-state index in [2.05, 4.69) is 22.6 Å². The molecular formula is C11H15IO5Si. The lowest BCUT2D eigenvalue weighted by Gasteiger charge is -2.23. The van der Waals surface area contributed by atoms with Gasteiger partial charge in [-0.15, -0.1) is 0 Å². The fraction of sp³-hybridized carbons (Fsp3) is 0.364. The van der Waals surface area contributed by atoms with Gasteiger partial charge in [0.2, 0.25) is 0 Å². The maximum absolute atomic E-state index is 11.9. The molecule has 0 aliphatic carbocycles. The van der Waals surface area contributed by atoms with E-state index in [1.807, 2.05) is 12.1 Å². The molecule has 0 unspecified atom stereocenters. The zero-order chi connectivity index (χ0) is 13.6. The Morgan fingerprint density at radius 2 is 1.72 bits per heavy atom. The van der Waals surface area contributed by atoms with E-state index in [-0.39, 0.29) is 6.23 Å². The van der Waals surface area contributed by atoms with Crippen molar-refractivity contribution in [1.82, 2.24) is 0 Å². The second kappa shape index (κ2) is 7.19. The van der Waals surface area contributed by atoms with Crippen LogP contribution in [0, 0.1) is 3.57 Å². The lowest BCUT2D eigenvalue weighted by Crippen LogP contribution is -2.48. The third-order valence-electron chi connectivity index (χ3n) is 2.41. The lowest BCUT2D eigenvalue weighted by molar-refractivity contribution is 0.0396. The predicted molar refractivity (Wildman–Crippen MR) is 76.2 cm³/mol. The molecule has 0 aromatic heterocycles. The monoisotopic (exact) mass is 382 g/mol. The molecule has 0 saturated heterocycles. The van der Waals surface area contributed by atoms with Crippen LogP contribution in [0.3, 0.4) is 0 Å². The minimum absolute atomic E-state index is 0.0136. The third kappa shape index (κ3) is 3.75. The Bertz CT molecular complexity index is 400. The number of benzene rings is 1. The first-order valence-corrected chi connectivity index (χ1v) is 8.16. The first kappa shape index (κ1) is 15.6. The zero-order valence-electron chi connectivity index (χ0n) is 10.4. The molecule has 0 aliphatic rings. The molecule has 0 spiro atoms. The van der Waals surface area contributed by atoms with Crippen molar-refractivity contribution >= 4 is 37.4 Å². The van der Waals surface area contributed by atoms with Gasteiger partial charge in [0.1, 0.15) is 0 Å². The molecule has 0 saturated carbocycles. The predicted octanol–water partition coefficient (Wildman–Crippen LogP) is 1.87. The first-order chi connectivity index (χ1) is 8.58. The molecule has 5 nitrogen and oxygen atoms in total. The quantitative estimate of drug-likeness (QED) is 0.427. The number of ether oxygens (including phenoxy) is 1. The Labute approximate surface area is 121 Å².